The predicted molar refractivity (Wildman–Crippen MR) is 119 cm³/mol. The Morgan fingerprint density at radius 2 is 1.83 bits per heavy atom. The summed E-state index contributed by atoms with van der Waals surface area (Å²) in [5.74, 6) is 2.74. The highest BCUT2D eigenvalue weighted by Crippen LogP contribution is 2.33. The molecule has 0 aromatic heterocycles. The molecule has 6 heteroatoms. The van der Waals surface area contributed by atoms with E-state index >= 15 is 0 Å². The number of nitrogens with zero attached hydrogens (tertiary/aromatic N) is 1. The van der Waals surface area contributed by atoms with Gasteiger partial charge in [-0.2, -0.15) is 0 Å². The van der Waals surface area contributed by atoms with Gasteiger partial charge in [-0.1, -0.05) is 52.0 Å². The summed E-state index contributed by atoms with van der Waals surface area (Å²) in [4.78, 5) is 12.3. The van der Waals surface area contributed by atoms with Crippen molar-refractivity contribution in [2.75, 3.05) is 26.1 Å². The van der Waals surface area contributed by atoms with Gasteiger partial charge in [0.1, 0.15) is 0 Å². The number of fused-ring (bicyclic) bond motifs is 1. The number of likely N-dealkylation sites (tertiary alicyclic amines) is 1. The molecular weight excluding hydrogens is 386 g/mol. The third-order valence-corrected chi connectivity index (χ3v) is 7.17. The Hall–Kier alpha value is -1.56. The molecule has 164 valence electrons. The van der Waals surface area contributed by atoms with Crippen LogP contribution in [0.25, 0.3) is 0 Å². The Bertz CT molecular complexity index is 664. The maximum Gasteiger partial charge on any atom is 0.231 e. The van der Waals surface area contributed by atoms with Gasteiger partial charge in [0.05, 0.1) is 0 Å². The van der Waals surface area contributed by atoms with Crippen molar-refractivity contribution in [2.24, 2.45) is 0 Å². The molecule has 0 bridgehead atoms. The van der Waals surface area contributed by atoms with Gasteiger partial charge >= 0.3 is 0 Å². The quantitative estimate of drug-likeness (QED) is 0.512. The average molecular weight is 424 g/mol. The van der Waals surface area contributed by atoms with Crippen LogP contribution in [-0.4, -0.2) is 46.4 Å². The lowest BCUT2D eigenvalue weighted by molar-refractivity contribution is -0.126. The Morgan fingerprint density at radius 1 is 1.10 bits per heavy atom. The molecule has 1 aromatic rings. The monoisotopic (exact) mass is 423 g/mol. The topological polar surface area (TPSA) is 55.8 Å². The minimum Gasteiger partial charge on any atom is -0.454 e. The lowest BCUT2D eigenvalue weighted by Crippen LogP contribution is -2.17. The van der Waals surface area contributed by atoms with Crippen molar-refractivity contribution in [2.45, 2.75) is 76.9 Å². The van der Waals surface area contributed by atoms with Crippen molar-refractivity contribution in [3.8, 4) is 11.5 Å². The van der Waals surface area contributed by atoms with Gasteiger partial charge in [0.25, 0.3) is 0 Å². The fraction of sp³-hybridized carbons (Fsp3) is 0.696. The normalized spacial score (nSPS) is 17.1. The van der Waals surface area contributed by atoms with E-state index in [1.807, 2.05) is 25.2 Å². The average Bonchev–Trinajstić information content (AvgIpc) is 3.33. The first-order chi connectivity index (χ1) is 14.0. The first-order valence-electron chi connectivity index (χ1n) is 11.0. The van der Waals surface area contributed by atoms with Crippen LogP contribution in [-0.2, 0) is 22.0 Å². The molecule has 2 aliphatic rings. The first kappa shape index (κ1) is 23.7. The molecule has 5 nitrogen and oxygen atoms in total. The molecule has 0 aliphatic carbocycles. The van der Waals surface area contributed by atoms with Crippen molar-refractivity contribution in [1.29, 1.82) is 0 Å². The smallest absolute Gasteiger partial charge is 0.231 e. The van der Waals surface area contributed by atoms with Gasteiger partial charge in [-0.15, -0.1) is 0 Å². The predicted octanol–water partition coefficient (Wildman–Crippen LogP) is 4.69. The SMILES string of the molecule is CCCCCCCCS(=O)C(C)Cc1ccc2c(c1)OCO2.CN1CCCC1=O. The highest BCUT2D eigenvalue weighted by molar-refractivity contribution is 7.85. The van der Waals surface area contributed by atoms with Crippen LogP contribution in [0.4, 0.5) is 0 Å². The van der Waals surface area contributed by atoms with Crippen molar-refractivity contribution in [3.05, 3.63) is 23.8 Å². The lowest BCUT2D eigenvalue weighted by atomic mass is 10.1. The third-order valence-electron chi connectivity index (χ3n) is 5.42. The summed E-state index contributed by atoms with van der Waals surface area (Å²) < 4.78 is 23.0. The molecule has 2 heterocycles. The minimum absolute atomic E-state index is 0.191. The molecule has 1 aromatic carbocycles. The van der Waals surface area contributed by atoms with E-state index in [1.54, 1.807) is 4.90 Å². The molecule has 1 saturated heterocycles. The van der Waals surface area contributed by atoms with Crippen molar-refractivity contribution < 1.29 is 18.5 Å². The molecule has 2 aliphatic heterocycles. The number of ether oxygens (including phenoxy) is 2. The zero-order valence-electron chi connectivity index (χ0n) is 18.3. The van der Waals surface area contributed by atoms with Crippen LogP contribution < -0.4 is 9.47 Å². The second-order valence-electron chi connectivity index (χ2n) is 7.97. The van der Waals surface area contributed by atoms with Crippen LogP contribution in [0.5, 0.6) is 11.5 Å². The molecular formula is C23H37NO4S. The van der Waals surface area contributed by atoms with E-state index in [9.17, 15) is 9.00 Å². The Labute approximate surface area is 178 Å². The number of benzene rings is 1. The summed E-state index contributed by atoms with van der Waals surface area (Å²) in [6, 6.07) is 6.01. The molecule has 0 N–H and O–H groups in total. The zero-order chi connectivity index (χ0) is 21.1. The molecule has 2 atom stereocenters. The summed E-state index contributed by atoms with van der Waals surface area (Å²) in [6.07, 6.45) is 10.1. The number of carbonyl (C=O) groups excluding carboxylic acids is 1. The van der Waals surface area contributed by atoms with Crippen molar-refractivity contribution >= 4 is 16.7 Å². The molecule has 3 rings (SSSR count). The van der Waals surface area contributed by atoms with E-state index in [4.69, 9.17) is 9.47 Å². The number of amides is 1. The molecule has 0 radical (unpaired) electrons. The maximum atomic E-state index is 12.3. The van der Waals surface area contributed by atoms with Gasteiger partial charge in [-0.05, 0) is 37.0 Å². The van der Waals surface area contributed by atoms with Gasteiger partial charge in [0.15, 0.2) is 11.5 Å². The number of hydrogen-bond acceptors (Lipinski definition) is 4. The number of hydrogen-bond donors (Lipinski definition) is 0. The van der Waals surface area contributed by atoms with Crippen LogP contribution in [0, 0.1) is 0 Å². The summed E-state index contributed by atoms with van der Waals surface area (Å²) in [5.41, 5.74) is 1.17. The highest BCUT2D eigenvalue weighted by Gasteiger charge is 2.16. The molecule has 29 heavy (non-hydrogen) atoms. The van der Waals surface area contributed by atoms with E-state index < -0.39 is 10.8 Å². The van der Waals surface area contributed by atoms with E-state index in [-0.39, 0.29) is 5.25 Å². The van der Waals surface area contributed by atoms with Crippen molar-refractivity contribution in [1.82, 2.24) is 4.90 Å². The van der Waals surface area contributed by atoms with Crippen LogP contribution in [0.2, 0.25) is 0 Å². The summed E-state index contributed by atoms with van der Waals surface area (Å²) in [6.45, 7) is 5.57. The third kappa shape index (κ3) is 8.37. The maximum absolute atomic E-state index is 12.3. The van der Waals surface area contributed by atoms with Gasteiger partial charge in [-0.25, -0.2) is 0 Å². The van der Waals surface area contributed by atoms with Crippen LogP contribution >= 0.6 is 0 Å². The van der Waals surface area contributed by atoms with E-state index in [0.717, 1.165) is 49.5 Å². The first-order valence-corrected chi connectivity index (χ1v) is 12.4. The highest BCUT2D eigenvalue weighted by atomic mass is 32.2. The zero-order valence-corrected chi connectivity index (χ0v) is 19.1. The Balaban J connectivity index is 0.000000360. The van der Waals surface area contributed by atoms with Gasteiger partial charge < -0.3 is 14.4 Å². The van der Waals surface area contributed by atoms with Crippen LogP contribution in [0.3, 0.4) is 0 Å². The summed E-state index contributed by atoms with van der Waals surface area (Å²) in [5, 5.41) is 0.191. The van der Waals surface area contributed by atoms with E-state index in [0.29, 0.717) is 12.7 Å². The van der Waals surface area contributed by atoms with E-state index in [2.05, 4.69) is 13.8 Å². The number of carbonyl (C=O) groups is 1. The minimum atomic E-state index is -0.743. The largest absolute Gasteiger partial charge is 0.454 e. The number of rotatable bonds is 10. The second-order valence-corrected chi connectivity index (χ2v) is 9.95. The molecule has 2 unspecified atom stereocenters. The number of unbranched alkanes of at least 4 members (excludes halogenated alkanes) is 5. The van der Waals surface area contributed by atoms with Gasteiger partial charge in [-0.3, -0.25) is 9.00 Å². The van der Waals surface area contributed by atoms with E-state index in [1.165, 1.54) is 37.7 Å². The second kappa shape index (κ2) is 12.9. The van der Waals surface area contributed by atoms with Crippen molar-refractivity contribution in [3.63, 3.8) is 0 Å². The van der Waals surface area contributed by atoms with Crippen LogP contribution in [0.15, 0.2) is 18.2 Å². The Morgan fingerprint density at radius 3 is 2.48 bits per heavy atom. The Kier molecular flexibility index (Phi) is 10.5. The molecule has 1 amide bonds. The van der Waals surface area contributed by atoms with Gasteiger partial charge in [0, 0.05) is 41.8 Å². The summed E-state index contributed by atoms with van der Waals surface area (Å²) in [7, 11) is 1.10. The van der Waals surface area contributed by atoms with Gasteiger partial charge in [0.2, 0.25) is 12.7 Å². The van der Waals surface area contributed by atoms with Crippen LogP contribution in [0.1, 0.15) is 70.8 Å². The fourth-order valence-electron chi connectivity index (χ4n) is 3.50. The standard InChI is InChI=1S/C18H28O3S.C5H9NO/c1-3-4-5-6-7-8-11-22(19)15(2)12-16-9-10-17-18(13-16)21-14-20-17;1-6-4-2-3-5(6)7/h9-10,13,15H,3-8,11-12,14H2,1-2H3;2-4H2,1H3. The molecule has 0 spiro atoms. The molecule has 1 fully saturated rings. The fourth-order valence-corrected chi connectivity index (χ4v) is 4.77. The molecule has 0 saturated carbocycles. The lowest BCUT2D eigenvalue weighted by Gasteiger charge is -2.12. The summed E-state index contributed by atoms with van der Waals surface area (Å²) >= 11 is 0.